The highest BCUT2D eigenvalue weighted by Crippen LogP contribution is 2.61. The van der Waals surface area contributed by atoms with E-state index in [1.165, 1.54) is 66.5 Å². The lowest BCUT2D eigenvalue weighted by Gasteiger charge is -2.56. The standard InChI is InChI=1S/C28H38N4O3S2/c1-16(2)35-26(34)24-20-6-4-5-7-21(20)37-25(24)29-23(33)15-36-27-31-30-22(32(27)3)14-28-11-17-8-18(12-28)10-19(9-17)13-28/h16-19H,4-15H2,1-3H3,(H,29,33). The Morgan fingerprint density at radius 2 is 1.78 bits per heavy atom. The predicted octanol–water partition coefficient (Wildman–Crippen LogP) is 5.81. The van der Waals surface area contributed by atoms with Gasteiger partial charge in [0.05, 0.1) is 17.4 Å². The molecule has 37 heavy (non-hydrogen) atoms. The molecule has 5 aliphatic rings. The van der Waals surface area contributed by atoms with Crippen molar-refractivity contribution < 1.29 is 14.3 Å². The lowest BCUT2D eigenvalue weighted by Crippen LogP contribution is -2.47. The maximum atomic E-state index is 13.0. The summed E-state index contributed by atoms with van der Waals surface area (Å²) in [5.74, 6) is 3.57. The maximum Gasteiger partial charge on any atom is 0.341 e. The molecule has 2 aromatic heterocycles. The molecule has 2 aromatic rings. The summed E-state index contributed by atoms with van der Waals surface area (Å²) in [6.45, 7) is 3.70. The fraction of sp³-hybridized carbons (Fsp3) is 0.714. The van der Waals surface area contributed by atoms with E-state index in [9.17, 15) is 9.59 Å². The van der Waals surface area contributed by atoms with Gasteiger partial charge in [-0.2, -0.15) is 0 Å². The third-order valence-electron chi connectivity index (χ3n) is 8.93. The summed E-state index contributed by atoms with van der Waals surface area (Å²) in [6, 6.07) is 0. The Bertz CT molecular complexity index is 1170. The molecule has 0 aliphatic heterocycles. The average Bonchev–Trinajstić information content (AvgIpc) is 3.35. The number of carbonyl (C=O) groups excluding carboxylic acids is 2. The number of ether oxygens (including phenoxy) is 1. The molecule has 7 rings (SSSR count). The van der Waals surface area contributed by atoms with Crippen molar-refractivity contribution in [2.75, 3.05) is 11.1 Å². The van der Waals surface area contributed by atoms with E-state index in [-0.39, 0.29) is 23.7 Å². The zero-order chi connectivity index (χ0) is 25.7. The van der Waals surface area contributed by atoms with Crippen molar-refractivity contribution >= 4 is 40.0 Å². The van der Waals surface area contributed by atoms with E-state index < -0.39 is 0 Å². The minimum atomic E-state index is -0.333. The van der Waals surface area contributed by atoms with E-state index in [0.29, 0.717) is 16.0 Å². The summed E-state index contributed by atoms with van der Waals surface area (Å²) in [4.78, 5) is 27.1. The van der Waals surface area contributed by atoms with Crippen LogP contribution in [0.25, 0.3) is 0 Å². The molecule has 0 unspecified atom stereocenters. The largest absolute Gasteiger partial charge is 0.459 e. The van der Waals surface area contributed by atoms with Crippen molar-refractivity contribution in [1.29, 1.82) is 0 Å². The summed E-state index contributed by atoms with van der Waals surface area (Å²) < 4.78 is 7.61. The number of aryl methyl sites for hydroxylation is 1. The first-order chi connectivity index (χ1) is 17.8. The molecule has 9 heteroatoms. The summed E-state index contributed by atoms with van der Waals surface area (Å²) in [7, 11) is 2.03. The Hall–Kier alpha value is -1.87. The van der Waals surface area contributed by atoms with Gasteiger partial charge in [0, 0.05) is 18.3 Å². The smallest absolute Gasteiger partial charge is 0.341 e. The Morgan fingerprint density at radius 1 is 1.11 bits per heavy atom. The van der Waals surface area contributed by atoms with E-state index in [1.54, 1.807) is 0 Å². The van der Waals surface area contributed by atoms with E-state index in [2.05, 4.69) is 20.1 Å². The molecule has 0 spiro atoms. The number of rotatable bonds is 8. The number of anilines is 1. The number of carbonyl (C=O) groups is 2. The maximum absolute atomic E-state index is 13.0. The fourth-order valence-corrected chi connectivity index (χ4v) is 9.93. The normalized spacial score (nSPS) is 27.9. The van der Waals surface area contributed by atoms with Gasteiger partial charge in [-0.1, -0.05) is 11.8 Å². The molecule has 0 atom stereocenters. The third-order valence-corrected chi connectivity index (χ3v) is 11.2. The summed E-state index contributed by atoms with van der Waals surface area (Å²) in [5.41, 5.74) is 2.03. The molecular weight excluding hydrogens is 504 g/mol. The van der Waals surface area contributed by atoms with Gasteiger partial charge in [-0.05, 0) is 107 Å². The Labute approximate surface area is 227 Å². The van der Waals surface area contributed by atoms with E-state index >= 15 is 0 Å². The van der Waals surface area contributed by atoms with Crippen molar-refractivity contribution in [3.63, 3.8) is 0 Å². The molecule has 4 fully saturated rings. The molecule has 4 saturated carbocycles. The van der Waals surface area contributed by atoms with Crippen LogP contribution < -0.4 is 5.32 Å². The van der Waals surface area contributed by atoms with Crippen LogP contribution in [-0.4, -0.2) is 38.5 Å². The number of nitrogens with zero attached hydrogens (tertiary/aromatic N) is 3. The van der Waals surface area contributed by atoms with E-state index in [0.717, 1.165) is 66.4 Å². The zero-order valence-electron chi connectivity index (χ0n) is 22.2. The molecule has 0 radical (unpaired) electrons. The van der Waals surface area contributed by atoms with Crippen LogP contribution in [-0.2, 0) is 35.8 Å². The number of amides is 1. The van der Waals surface area contributed by atoms with Crippen LogP contribution >= 0.6 is 23.1 Å². The number of aromatic nitrogens is 3. The Morgan fingerprint density at radius 3 is 2.46 bits per heavy atom. The van der Waals surface area contributed by atoms with Crippen molar-refractivity contribution in [3.8, 4) is 0 Å². The van der Waals surface area contributed by atoms with Crippen molar-refractivity contribution in [2.45, 2.75) is 95.7 Å². The first-order valence-corrected chi connectivity index (χ1v) is 15.8. The number of nitrogens with one attached hydrogen (secondary N) is 1. The van der Waals surface area contributed by atoms with Gasteiger partial charge in [-0.15, -0.1) is 21.5 Å². The zero-order valence-corrected chi connectivity index (χ0v) is 23.8. The van der Waals surface area contributed by atoms with Crippen molar-refractivity contribution in [1.82, 2.24) is 14.8 Å². The van der Waals surface area contributed by atoms with Crippen LogP contribution in [0.1, 0.15) is 91.8 Å². The second-order valence-electron chi connectivity index (χ2n) is 12.3. The SMILES string of the molecule is CC(C)OC(=O)c1c(NC(=O)CSc2nnc(CC34CC5CC(CC(C5)C3)C4)n2C)sc2c1CCCC2. The minimum absolute atomic E-state index is 0.132. The summed E-state index contributed by atoms with van der Waals surface area (Å²) in [6.07, 6.45) is 13.2. The molecule has 4 bridgehead atoms. The molecule has 5 aliphatic carbocycles. The van der Waals surface area contributed by atoms with Gasteiger partial charge in [0.25, 0.3) is 0 Å². The molecule has 7 nitrogen and oxygen atoms in total. The van der Waals surface area contributed by atoms with Gasteiger partial charge in [0.15, 0.2) is 5.16 Å². The first kappa shape index (κ1) is 25.4. The van der Waals surface area contributed by atoms with Gasteiger partial charge in [-0.25, -0.2) is 4.79 Å². The number of thioether (sulfide) groups is 1. The number of esters is 1. The van der Waals surface area contributed by atoms with Gasteiger partial charge in [0.1, 0.15) is 10.8 Å². The van der Waals surface area contributed by atoms with Gasteiger partial charge < -0.3 is 14.6 Å². The highest BCUT2D eigenvalue weighted by Gasteiger charge is 2.51. The minimum Gasteiger partial charge on any atom is -0.459 e. The van der Waals surface area contributed by atoms with Crippen LogP contribution in [0.3, 0.4) is 0 Å². The third kappa shape index (κ3) is 5.10. The highest BCUT2D eigenvalue weighted by atomic mass is 32.2. The topological polar surface area (TPSA) is 86.1 Å². The molecular formula is C28H38N4O3S2. The molecule has 1 amide bonds. The van der Waals surface area contributed by atoms with Crippen LogP contribution in [0.4, 0.5) is 5.00 Å². The quantitative estimate of drug-likeness (QED) is 0.335. The second kappa shape index (κ2) is 10.0. The first-order valence-electron chi connectivity index (χ1n) is 13.9. The summed E-state index contributed by atoms with van der Waals surface area (Å²) in [5, 5.41) is 13.4. The van der Waals surface area contributed by atoms with Gasteiger partial charge in [0.2, 0.25) is 5.91 Å². The highest BCUT2D eigenvalue weighted by molar-refractivity contribution is 7.99. The average molecular weight is 543 g/mol. The number of thiophene rings is 1. The van der Waals surface area contributed by atoms with Crippen LogP contribution in [0.2, 0.25) is 0 Å². The Kier molecular flexibility index (Phi) is 6.88. The fourth-order valence-electron chi connectivity index (χ4n) is 7.90. The van der Waals surface area contributed by atoms with Gasteiger partial charge in [-0.3, -0.25) is 4.79 Å². The lowest BCUT2D eigenvalue weighted by atomic mass is 9.49. The van der Waals surface area contributed by atoms with Crippen LogP contribution in [0, 0.1) is 23.2 Å². The Balaban J connectivity index is 1.11. The molecule has 1 N–H and O–H groups in total. The van der Waals surface area contributed by atoms with Crippen molar-refractivity contribution in [2.24, 2.45) is 30.2 Å². The summed E-state index contributed by atoms with van der Waals surface area (Å²) >= 11 is 2.94. The molecule has 2 heterocycles. The predicted molar refractivity (Wildman–Crippen MR) is 146 cm³/mol. The van der Waals surface area contributed by atoms with E-state index in [4.69, 9.17) is 4.74 Å². The second-order valence-corrected chi connectivity index (χ2v) is 14.3. The number of hydrogen-bond donors (Lipinski definition) is 1. The molecule has 200 valence electrons. The number of hydrogen-bond acceptors (Lipinski definition) is 7. The van der Waals surface area contributed by atoms with Crippen LogP contribution in [0.5, 0.6) is 0 Å². The lowest BCUT2D eigenvalue weighted by molar-refractivity contribution is -0.113. The van der Waals surface area contributed by atoms with Crippen molar-refractivity contribution in [3.05, 3.63) is 21.8 Å². The molecule has 0 saturated heterocycles. The van der Waals surface area contributed by atoms with Gasteiger partial charge >= 0.3 is 5.97 Å². The van der Waals surface area contributed by atoms with Crippen LogP contribution in [0.15, 0.2) is 5.16 Å². The monoisotopic (exact) mass is 542 g/mol. The molecule has 0 aromatic carbocycles. The number of fused-ring (bicyclic) bond motifs is 1. The van der Waals surface area contributed by atoms with E-state index in [1.807, 2.05) is 20.9 Å².